The van der Waals surface area contributed by atoms with Crippen LogP contribution < -0.4 is 10.1 Å². The largest absolute Gasteiger partial charge is 0.483 e. The van der Waals surface area contributed by atoms with Crippen molar-refractivity contribution in [1.29, 1.82) is 0 Å². The van der Waals surface area contributed by atoms with E-state index in [0.29, 0.717) is 5.82 Å². The van der Waals surface area contributed by atoms with Gasteiger partial charge in [0.15, 0.2) is 17.4 Å². The summed E-state index contributed by atoms with van der Waals surface area (Å²) in [4.78, 5) is 4.19. The van der Waals surface area contributed by atoms with Gasteiger partial charge in [0.2, 0.25) is 0 Å². The van der Waals surface area contributed by atoms with Gasteiger partial charge in [0, 0.05) is 18.3 Å². The lowest BCUT2D eigenvalue weighted by molar-refractivity contribution is 0.274. The van der Waals surface area contributed by atoms with E-state index < -0.39 is 11.6 Å². The van der Waals surface area contributed by atoms with E-state index in [9.17, 15) is 8.78 Å². The quantitative estimate of drug-likeness (QED) is 0.873. The fraction of sp³-hybridized carbons (Fsp3) is 0.267. The van der Waals surface area contributed by atoms with Crippen molar-refractivity contribution in [3.63, 3.8) is 0 Å². The number of nitrogens with zero attached hydrogens (tertiary/aromatic N) is 1. The Kier molecular flexibility index (Phi) is 4.87. The van der Waals surface area contributed by atoms with Crippen LogP contribution in [0.5, 0.6) is 5.75 Å². The molecule has 0 aliphatic rings. The van der Waals surface area contributed by atoms with Gasteiger partial charge in [-0.2, -0.15) is 0 Å². The normalized spacial score (nSPS) is 10.3. The number of anilines is 1. The number of hydrogen-bond acceptors (Lipinski definition) is 3. The number of hydrogen-bond donors (Lipinski definition) is 1. The van der Waals surface area contributed by atoms with Gasteiger partial charge >= 0.3 is 0 Å². The molecule has 0 aliphatic carbocycles. The van der Waals surface area contributed by atoms with Gasteiger partial charge in [-0.25, -0.2) is 13.8 Å². The monoisotopic (exact) mass is 278 g/mol. The van der Waals surface area contributed by atoms with Crippen molar-refractivity contribution < 1.29 is 13.5 Å². The molecular weight excluding hydrogens is 262 g/mol. The fourth-order valence-corrected chi connectivity index (χ4v) is 1.73. The van der Waals surface area contributed by atoms with Crippen molar-refractivity contribution in [3.05, 3.63) is 53.7 Å². The van der Waals surface area contributed by atoms with E-state index in [0.717, 1.165) is 30.7 Å². The first kappa shape index (κ1) is 14.2. The predicted molar refractivity (Wildman–Crippen MR) is 73.7 cm³/mol. The molecule has 20 heavy (non-hydrogen) atoms. The Morgan fingerprint density at radius 1 is 1.15 bits per heavy atom. The van der Waals surface area contributed by atoms with E-state index in [4.69, 9.17) is 4.74 Å². The average Bonchev–Trinajstić information content (AvgIpc) is 2.45. The topological polar surface area (TPSA) is 34.2 Å². The maximum absolute atomic E-state index is 13.5. The van der Waals surface area contributed by atoms with Crippen molar-refractivity contribution >= 4 is 5.82 Å². The molecule has 0 fully saturated rings. The van der Waals surface area contributed by atoms with E-state index in [1.807, 2.05) is 13.0 Å². The number of ether oxygens (including phenoxy) is 1. The lowest BCUT2D eigenvalue weighted by Gasteiger charge is -2.12. The van der Waals surface area contributed by atoms with Crippen LogP contribution in [0.2, 0.25) is 0 Å². The zero-order valence-electron chi connectivity index (χ0n) is 11.2. The van der Waals surface area contributed by atoms with Crippen molar-refractivity contribution in [2.75, 3.05) is 11.9 Å². The molecule has 2 aromatic rings. The first-order valence-corrected chi connectivity index (χ1v) is 6.47. The summed E-state index contributed by atoms with van der Waals surface area (Å²) in [5, 5.41) is 3.15. The molecule has 0 spiro atoms. The smallest absolute Gasteiger partial charge is 0.191 e. The summed E-state index contributed by atoms with van der Waals surface area (Å²) in [5.74, 6) is -1.11. The molecular formula is C15H16F2N2O. The first-order chi connectivity index (χ1) is 9.72. The molecule has 0 aliphatic heterocycles. The maximum Gasteiger partial charge on any atom is 0.191 e. The summed E-state index contributed by atoms with van der Waals surface area (Å²) >= 11 is 0. The SMILES string of the molecule is CCCNc1ncccc1COc1c(F)cccc1F. The molecule has 0 unspecified atom stereocenters. The van der Waals surface area contributed by atoms with E-state index in [-0.39, 0.29) is 12.4 Å². The van der Waals surface area contributed by atoms with Gasteiger partial charge in [-0.3, -0.25) is 0 Å². The summed E-state index contributed by atoms with van der Waals surface area (Å²) in [6.45, 7) is 2.87. The number of pyridine rings is 1. The molecule has 1 aromatic carbocycles. The third kappa shape index (κ3) is 3.44. The standard InChI is InChI=1S/C15H16F2N2O/c1-2-8-18-15-11(5-4-9-19-15)10-20-14-12(16)6-3-7-13(14)17/h3-7,9H,2,8,10H2,1H3,(H,18,19). The molecule has 1 N–H and O–H groups in total. The minimum Gasteiger partial charge on any atom is -0.483 e. The molecule has 0 radical (unpaired) electrons. The van der Waals surface area contributed by atoms with Gasteiger partial charge < -0.3 is 10.1 Å². The molecule has 0 saturated carbocycles. The first-order valence-electron chi connectivity index (χ1n) is 6.47. The van der Waals surface area contributed by atoms with Crippen molar-refractivity contribution in [3.8, 4) is 5.75 Å². The van der Waals surface area contributed by atoms with Crippen LogP contribution in [0, 0.1) is 11.6 Å². The Morgan fingerprint density at radius 2 is 1.90 bits per heavy atom. The maximum atomic E-state index is 13.5. The van der Waals surface area contributed by atoms with Crippen LogP contribution in [0.1, 0.15) is 18.9 Å². The van der Waals surface area contributed by atoms with E-state index in [1.165, 1.54) is 6.07 Å². The minimum atomic E-state index is -0.711. The number of rotatable bonds is 6. The number of halogens is 2. The van der Waals surface area contributed by atoms with Crippen LogP contribution in [0.25, 0.3) is 0 Å². The second-order valence-electron chi connectivity index (χ2n) is 4.28. The number of aromatic nitrogens is 1. The highest BCUT2D eigenvalue weighted by atomic mass is 19.1. The third-order valence-electron chi connectivity index (χ3n) is 2.72. The van der Waals surface area contributed by atoms with Crippen LogP contribution in [0.4, 0.5) is 14.6 Å². The number of nitrogens with one attached hydrogen (secondary N) is 1. The lowest BCUT2D eigenvalue weighted by atomic mass is 10.2. The summed E-state index contributed by atoms with van der Waals surface area (Å²) in [7, 11) is 0. The van der Waals surface area contributed by atoms with E-state index >= 15 is 0 Å². The Bertz CT molecular complexity index is 555. The molecule has 5 heteroatoms. The summed E-state index contributed by atoms with van der Waals surface area (Å²) in [5.41, 5.74) is 0.753. The summed E-state index contributed by atoms with van der Waals surface area (Å²) in [6.07, 6.45) is 2.62. The Balaban J connectivity index is 2.11. The highest BCUT2D eigenvalue weighted by Gasteiger charge is 2.11. The van der Waals surface area contributed by atoms with Gasteiger partial charge in [0.1, 0.15) is 12.4 Å². The van der Waals surface area contributed by atoms with Crippen LogP contribution in [-0.4, -0.2) is 11.5 Å². The van der Waals surface area contributed by atoms with Crippen LogP contribution in [0.3, 0.4) is 0 Å². The number of para-hydroxylation sites is 1. The van der Waals surface area contributed by atoms with Gasteiger partial charge in [0.25, 0.3) is 0 Å². The second kappa shape index (κ2) is 6.84. The molecule has 0 amide bonds. The lowest BCUT2D eigenvalue weighted by Crippen LogP contribution is -2.08. The number of benzene rings is 1. The Hall–Kier alpha value is -2.17. The molecule has 1 heterocycles. The molecule has 1 aromatic heterocycles. The highest BCUT2D eigenvalue weighted by molar-refractivity contribution is 5.43. The van der Waals surface area contributed by atoms with Gasteiger partial charge in [-0.15, -0.1) is 0 Å². The minimum absolute atomic E-state index is 0.0533. The molecule has 106 valence electrons. The zero-order chi connectivity index (χ0) is 14.4. The van der Waals surface area contributed by atoms with Crippen molar-refractivity contribution in [2.24, 2.45) is 0 Å². The van der Waals surface area contributed by atoms with Crippen LogP contribution >= 0.6 is 0 Å². The summed E-state index contributed by atoms with van der Waals surface area (Å²) < 4.78 is 32.2. The molecule has 0 atom stereocenters. The van der Waals surface area contributed by atoms with Gasteiger partial charge in [0.05, 0.1) is 0 Å². The average molecular weight is 278 g/mol. The molecule has 3 nitrogen and oxygen atoms in total. The Labute approximate surface area is 116 Å². The highest BCUT2D eigenvalue weighted by Crippen LogP contribution is 2.23. The summed E-state index contributed by atoms with van der Waals surface area (Å²) in [6, 6.07) is 7.20. The molecule has 0 saturated heterocycles. The van der Waals surface area contributed by atoms with Crippen LogP contribution in [0.15, 0.2) is 36.5 Å². The molecule has 2 rings (SSSR count). The fourth-order valence-electron chi connectivity index (χ4n) is 1.73. The third-order valence-corrected chi connectivity index (χ3v) is 2.72. The Morgan fingerprint density at radius 3 is 2.60 bits per heavy atom. The van der Waals surface area contributed by atoms with Crippen molar-refractivity contribution in [2.45, 2.75) is 20.0 Å². The molecule has 0 bridgehead atoms. The predicted octanol–water partition coefficient (Wildman–Crippen LogP) is 3.76. The van der Waals surface area contributed by atoms with E-state index in [2.05, 4.69) is 10.3 Å². The van der Waals surface area contributed by atoms with Crippen LogP contribution in [-0.2, 0) is 6.61 Å². The van der Waals surface area contributed by atoms with E-state index in [1.54, 1.807) is 12.3 Å². The zero-order valence-corrected chi connectivity index (χ0v) is 11.2. The second-order valence-corrected chi connectivity index (χ2v) is 4.28. The van der Waals surface area contributed by atoms with Crippen molar-refractivity contribution in [1.82, 2.24) is 4.98 Å². The van der Waals surface area contributed by atoms with Gasteiger partial charge in [-0.1, -0.05) is 19.1 Å². The van der Waals surface area contributed by atoms with Gasteiger partial charge in [-0.05, 0) is 24.6 Å².